The molecule has 5 atom stereocenters. The number of esters is 4. The molecule has 0 fully saturated rings. The molecule has 0 bridgehead atoms. The first kappa shape index (κ1) is 103. The number of hydrogen-bond donors (Lipinski definition) is 3. The van der Waals surface area contributed by atoms with Crippen LogP contribution in [-0.2, 0) is 65.4 Å². The third-order valence-electron chi connectivity index (χ3n) is 20.1. The fourth-order valence-corrected chi connectivity index (χ4v) is 14.9. The zero-order valence-electron chi connectivity index (χ0n) is 69.4. The van der Waals surface area contributed by atoms with Crippen LogP contribution in [0.15, 0.2) is 0 Å². The molecular formula is C86H168O17P2. The van der Waals surface area contributed by atoms with E-state index < -0.39 is 97.5 Å². The molecule has 0 aromatic carbocycles. The van der Waals surface area contributed by atoms with Crippen molar-refractivity contribution in [1.82, 2.24) is 0 Å². The number of rotatable bonds is 83. The Bertz CT molecular complexity index is 2040. The van der Waals surface area contributed by atoms with Gasteiger partial charge in [-0.05, 0) is 49.4 Å². The summed E-state index contributed by atoms with van der Waals surface area (Å²) in [5, 5.41) is 10.7. The van der Waals surface area contributed by atoms with Crippen LogP contribution < -0.4 is 0 Å². The minimum Gasteiger partial charge on any atom is -0.462 e. The van der Waals surface area contributed by atoms with E-state index in [1.807, 2.05) is 0 Å². The van der Waals surface area contributed by atoms with Gasteiger partial charge in [0.1, 0.15) is 19.3 Å². The summed E-state index contributed by atoms with van der Waals surface area (Å²) in [7, 11) is -9.93. The summed E-state index contributed by atoms with van der Waals surface area (Å²) in [5.41, 5.74) is 0. The number of phosphoric acid groups is 2. The van der Waals surface area contributed by atoms with Gasteiger partial charge in [0.15, 0.2) is 12.2 Å². The Morgan fingerprint density at radius 2 is 0.400 bits per heavy atom. The average Bonchev–Trinajstić information content (AvgIpc) is 0.907. The third kappa shape index (κ3) is 79.9. The first-order valence-electron chi connectivity index (χ1n) is 44.2. The highest BCUT2D eigenvalue weighted by molar-refractivity contribution is 7.47. The van der Waals surface area contributed by atoms with Gasteiger partial charge in [-0.3, -0.25) is 37.3 Å². The van der Waals surface area contributed by atoms with E-state index in [0.29, 0.717) is 31.6 Å². The van der Waals surface area contributed by atoms with Gasteiger partial charge in [-0.25, -0.2) is 9.13 Å². The smallest absolute Gasteiger partial charge is 0.462 e. The second kappa shape index (κ2) is 74.8. The third-order valence-corrected chi connectivity index (χ3v) is 22.0. The van der Waals surface area contributed by atoms with Gasteiger partial charge >= 0.3 is 39.5 Å². The molecule has 624 valence electrons. The summed E-state index contributed by atoms with van der Waals surface area (Å²) < 4.78 is 68.9. The maximum atomic E-state index is 13.1. The SMILES string of the molecule is CC(C)CCCCCCCCCCCCCCCCCCC(=O)O[C@H](COC(=O)CCCCCCCCCCCCCCCCC(C)C)COP(=O)(O)OCC(O)COP(=O)(O)OC[C@@H](COC(=O)CCCCCCCCCC(C)C)OC(=O)CCCCCCCCCCCCCCCCCCC(C)C. The van der Waals surface area contributed by atoms with Crippen molar-refractivity contribution < 1.29 is 80.2 Å². The number of aliphatic hydroxyl groups is 1. The van der Waals surface area contributed by atoms with Crippen LogP contribution in [-0.4, -0.2) is 96.7 Å². The van der Waals surface area contributed by atoms with Crippen molar-refractivity contribution in [3.8, 4) is 0 Å². The molecule has 0 aliphatic heterocycles. The van der Waals surface area contributed by atoms with Crippen molar-refractivity contribution in [3.05, 3.63) is 0 Å². The first-order valence-corrected chi connectivity index (χ1v) is 47.2. The van der Waals surface area contributed by atoms with Crippen molar-refractivity contribution in [2.24, 2.45) is 23.7 Å². The molecule has 0 spiro atoms. The molecule has 3 N–H and O–H groups in total. The quantitative estimate of drug-likeness (QED) is 0.0222. The number of ether oxygens (including phenoxy) is 4. The summed E-state index contributed by atoms with van der Waals surface area (Å²) >= 11 is 0. The van der Waals surface area contributed by atoms with Gasteiger partial charge in [0.05, 0.1) is 26.4 Å². The highest BCUT2D eigenvalue weighted by atomic mass is 31.2. The highest BCUT2D eigenvalue weighted by Crippen LogP contribution is 2.45. The topological polar surface area (TPSA) is 237 Å². The summed E-state index contributed by atoms with van der Waals surface area (Å²) in [6, 6.07) is 0. The minimum absolute atomic E-state index is 0.107. The highest BCUT2D eigenvalue weighted by Gasteiger charge is 2.30. The van der Waals surface area contributed by atoms with Gasteiger partial charge in [0, 0.05) is 25.7 Å². The predicted molar refractivity (Wildman–Crippen MR) is 432 cm³/mol. The van der Waals surface area contributed by atoms with Crippen LogP contribution in [0.3, 0.4) is 0 Å². The second-order valence-corrected chi connectivity index (χ2v) is 35.7. The monoisotopic (exact) mass is 1540 g/mol. The fourth-order valence-electron chi connectivity index (χ4n) is 13.3. The molecule has 0 saturated heterocycles. The lowest BCUT2D eigenvalue weighted by atomic mass is 10.0. The Morgan fingerprint density at radius 1 is 0.238 bits per heavy atom. The number of carbonyl (C=O) groups excluding carboxylic acids is 4. The molecule has 19 heteroatoms. The molecular weight excluding hydrogens is 1370 g/mol. The van der Waals surface area contributed by atoms with E-state index in [9.17, 15) is 43.2 Å². The Labute approximate surface area is 645 Å². The van der Waals surface area contributed by atoms with E-state index in [2.05, 4.69) is 55.4 Å². The van der Waals surface area contributed by atoms with Crippen molar-refractivity contribution in [3.63, 3.8) is 0 Å². The number of hydrogen-bond acceptors (Lipinski definition) is 15. The van der Waals surface area contributed by atoms with Crippen molar-refractivity contribution in [2.75, 3.05) is 39.6 Å². The Kier molecular flexibility index (Phi) is 73.4. The molecule has 0 amide bonds. The van der Waals surface area contributed by atoms with Crippen LogP contribution in [0.25, 0.3) is 0 Å². The molecule has 0 radical (unpaired) electrons. The Balaban J connectivity index is 5.23. The summed E-state index contributed by atoms with van der Waals surface area (Å²) in [4.78, 5) is 73.2. The maximum absolute atomic E-state index is 13.1. The summed E-state index contributed by atoms with van der Waals surface area (Å²) in [6.45, 7) is 14.3. The molecule has 0 saturated carbocycles. The van der Waals surface area contributed by atoms with E-state index in [1.54, 1.807) is 0 Å². The molecule has 0 aromatic rings. The standard InChI is InChI=1S/C86H168O17P2/c1-76(2)62-54-46-38-31-25-19-13-9-11-15-23-29-35-43-52-60-68-85(90)102-81(72-96-83(88)66-58-50-42-34-28-22-18-17-21-27-33-40-48-56-64-78(5)6)74-100-104(92,93)98-70-80(87)71-99-105(94,95)101-75-82(73-97-84(89)67-59-51-45-37-41-49-57-65-79(7)8)103-86(91)69-61-53-44-36-30-24-16-12-10-14-20-26-32-39-47-55-63-77(3)4/h76-82,87H,9-75H2,1-8H3,(H,92,93)(H,94,95)/t80?,81-,82-/m1/s1. The molecule has 0 aliphatic rings. The average molecular weight is 1540 g/mol. The van der Waals surface area contributed by atoms with E-state index in [-0.39, 0.29) is 25.7 Å². The van der Waals surface area contributed by atoms with Crippen LogP contribution in [0, 0.1) is 23.7 Å². The molecule has 17 nitrogen and oxygen atoms in total. The lowest BCUT2D eigenvalue weighted by Crippen LogP contribution is -2.30. The number of aliphatic hydroxyl groups excluding tert-OH is 1. The fraction of sp³-hybridized carbons (Fsp3) is 0.953. The second-order valence-electron chi connectivity index (χ2n) is 32.8. The number of carbonyl (C=O) groups is 4. The van der Waals surface area contributed by atoms with Crippen molar-refractivity contribution >= 4 is 39.5 Å². The largest absolute Gasteiger partial charge is 0.472 e. The predicted octanol–water partition coefficient (Wildman–Crippen LogP) is 25.9. The Morgan fingerprint density at radius 3 is 0.590 bits per heavy atom. The summed E-state index contributed by atoms with van der Waals surface area (Å²) in [5.74, 6) is 1.01. The molecule has 0 rings (SSSR count). The molecule has 0 aromatic heterocycles. The maximum Gasteiger partial charge on any atom is 0.472 e. The summed E-state index contributed by atoms with van der Waals surface area (Å²) in [6.07, 6.45) is 63.9. The van der Waals surface area contributed by atoms with Gasteiger partial charge in [-0.2, -0.15) is 0 Å². The van der Waals surface area contributed by atoms with Gasteiger partial charge in [0.2, 0.25) is 0 Å². The lowest BCUT2D eigenvalue weighted by Gasteiger charge is -2.21. The van der Waals surface area contributed by atoms with Crippen LogP contribution in [0.2, 0.25) is 0 Å². The van der Waals surface area contributed by atoms with E-state index in [0.717, 1.165) is 114 Å². The molecule has 3 unspecified atom stereocenters. The number of unbranched alkanes of at least 4 members (excludes halogenated alkanes) is 49. The Hall–Kier alpha value is -1.94. The van der Waals surface area contributed by atoms with Crippen molar-refractivity contribution in [1.29, 1.82) is 0 Å². The van der Waals surface area contributed by atoms with Crippen LogP contribution in [0.1, 0.15) is 447 Å². The number of phosphoric ester groups is 2. The van der Waals surface area contributed by atoms with Gasteiger partial charge in [-0.1, -0.05) is 396 Å². The van der Waals surface area contributed by atoms with Crippen LogP contribution >= 0.6 is 15.6 Å². The zero-order valence-corrected chi connectivity index (χ0v) is 71.2. The van der Waals surface area contributed by atoms with Gasteiger partial charge < -0.3 is 33.8 Å². The van der Waals surface area contributed by atoms with E-state index in [1.165, 1.54) is 244 Å². The van der Waals surface area contributed by atoms with Gasteiger partial charge in [-0.15, -0.1) is 0 Å². The molecule has 105 heavy (non-hydrogen) atoms. The lowest BCUT2D eigenvalue weighted by molar-refractivity contribution is -0.161. The zero-order chi connectivity index (χ0) is 77.4. The van der Waals surface area contributed by atoms with Gasteiger partial charge in [0.25, 0.3) is 0 Å². The van der Waals surface area contributed by atoms with Crippen LogP contribution in [0.5, 0.6) is 0 Å². The van der Waals surface area contributed by atoms with E-state index in [4.69, 9.17) is 37.0 Å². The molecule has 0 aliphatic carbocycles. The van der Waals surface area contributed by atoms with Crippen molar-refractivity contribution in [2.45, 2.75) is 465 Å². The van der Waals surface area contributed by atoms with Crippen LogP contribution in [0.4, 0.5) is 0 Å². The minimum atomic E-state index is -4.97. The normalized spacial score (nSPS) is 13.9. The molecule has 0 heterocycles. The first-order chi connectivity index (χ1) is 50.6. The van der Waals surface area contributed by atoms with E-state index >= 15 is 0 Å².